The molecule has 0 aromatic carbocycles. The number of carboxylic acid groups (broad SMARTS) is 1. The third-order valence-corrected chi connectivity index (χ3v) is 2.35. The van der Waals surface area contributed by atoms with Crippen LogP contribution in [-0.4, -0.2) is 32.1 Å². The molecule has 0 aliphatic heterocycles. The fourth-order valence-corrected chi connectivity index (χ4v) is 1.50. The van der Waals surface area contributed by atoms with Gasteiger partial charge in [-0.2, -0.15) is 0 Å². The Hall–Kier alpha value is -2.50. The first kappa shape index (κ1) is 12.0. The summed E-state index contributed by atoms with van der Waals surface area (Å²) in [6, 6.07) is 2.67. The summed E-state index contributed by atoms with van der Waals surface area (Å²) in [4.78, 5) is 23.3. The molecule has 0 aliphatic carbocycles. The lowest BCUT2D eigenvalue weighted by Crippen LogP contribution is -2.28. The first-order valence-electron chi connectivity index (χ1n) is 5.38. The topological polar surface area (TPSA) is 88.0 Å². The van der Waals surface area contributed by atoms with Crippen molar-refractivity contribution in [1.82, 2.24) is 15.0 Å². The maximum atomic E-state index is 11.0. The molecule has 2 aromatic heterocycles. The lowest BCUT2D eigenvalue weighted by atomic mass is 10.2. The molecule has 1 unspecified atom stereocenters. The molecule has 0 bridgehead atoms. The second kappa shape index (κ2) is 5.22. The van der Waals surface area contributed by atoms with Gasteiger partial charge in [0.2, 0.25) is 0 Å². The second-order valence-electron chi connectivity index (χ2n) is 3.66. The summed E-state index contributed by atoms with van der Waals surface area (Å²) in [5, 5.41) is 11.8. The summed E-state index contributed by atoms with van der Waals surface area (Å²) < 4.78 is 0. The number of anilines is 1. The van der Waals surface area contributed by atoms with Gasteiger partial charge in [-0.15, -0.1) is 6.58 Å². The molecule has 2 rings (SSSR count). The molecule has 0 fully saturated rings. The molecule has 0 saturated carbocycles. The zero-order valence-electron chi connectivity index (χ0n) is 9.58. The van der Waals surface area contributed by atoms with Crippen LogP contribution in [-0.2, 0) is 4.79 Å². The van der Waals surface area contributed by atoms with Gasteiger partial charge in [-0.05, 0) is 18.6 Å². The average Bonchev–Trinajstić information content (AvgIpc) is 2.38. The van der Waals surface area contributed by atoms with Gasteiger partial charge in [0, 0.05) is 12.4 Å². The minimum Gasteiger partial charge on any atom is -0.480 e. The Labute approximate surface area is 103 Å². The van der Waals surface area contributed by atoms with E-state index in [-0.39, 0.29) is 0 Å². The van der Waals surface area contributed by atoms with Crippen molar-refractivity contribution in [3.05, 3.63) is 37.2 Å². The number of nitrogens with zero attached hydrogens (tertiary/aromatic N) is 3. The number of pyridine rings is 1. The Balaban J connectivity index is 2.25. The molecule has 92 valence electrons. The van der Waals surface area contributed by atoms with E-state index >= 15 is 0 Å². The number of rotatable bonds is 5. The largest absolute Gasteiger partial charge is 0.480 e. The van der Waals surface area contributed by atoms with Crippen molar-refractivity contribution < 1.29 is 9.90 Å². The van der Waals surface area contributed by atoms with Crippen molar-refractivity contribution in [2.24, 2.45) is 0 Å². The van der Waals surface area contributed by atoms with Crippen LogP contribution in [0.25, 0.3) is 11.2 Å². The average molecular weight is 244 g/mol. The Bertz CT molecular complexity index is 585. The van der Waals surface area contributed by atoms with Crippen LogP contribution >= 0.6 is 0 Å². The van der Waals surface area contributed by atoms with E-state index in [4.69, 9.17) is 5.11 Å². The third-order valence-electron chi connectivity index (χ3n) is 2.35. The smallest absolute Gasteiger partial charge is 0.326 e. The highest BCUT2D eigenvalue weighted by Crippen LogP contribution is 2.12. The fourth-order valence-electron chi connectivity index (χ4n) is 1.50. The van der Waals surface area contributed by atoms with Crippen LogP contribution in [0.1, 0.15) is 6.42 Å². The number of aromatic nitrogens is 3. The normalized spacial score (nSPS) is 12.0. The predicted octanol–water partition coefficient (Wildman–Crippen LogP) is 1.47. The van der Waals surface area contributed by atoms with Crippen LogP contribution in [0.5, 0.6) is 0 Å². The lowest BCUT2D eigenvalue weighted by Gasteiger charge is -2.12. The minimum atomic E-state index is -0.948. The standard InChI is InChI=1S/C12H12N4O2/c1-2-3-9(12(17)18)15-10-5-4-8-11(16-10)14-7-6-13-8/h2,4-7,9H,1,3H2,(H,17,18)(H,14,15,16). The molecule has 1 atom stereocenters. The predicted molar refractivity (Wildman–Crippen MR) is 67.2 cm³/mol. The molecule has 18 heavy (non-hydrogen) atoms. The molecule has 0 saturated heterocycles. The van der Waals surface area contributed by atoms with Crippen LogP contribution in [0.3, 0.4) is 0 Å². The van der Waals surface area contributed by atoms with Gasteiger partial charge < -0.3 is 10.4 Å². The van der Waals surface area contributed by atoms with Gasteiger partial charge >= 0.3 is 5.97 Å². The van der Waals surface area contributed by atoms with E-state index in [2.05, 4.69) is 26.8 Å². The summed E-state index contributed by atoms with van der Waals surface area (Å²) in [6.07, 6.45) is 4.98. The minimum absolute atomic E-state index is 0.315. The highest BCUT2D eigenvalue weighted by molar-refractivity contribution is 5.78. The summed E-state index contributed by atoms with van der Waals surface area (Å²) in [6.45, 7) is 3.53. The first-order valence-corrected chi connectivity index (χ1v) is 5.38. The molecular formula is C12H12N4O2. The monoisotopic (exact) mass is 244 g/mol. The van der Waals surface area contributed by atoms with Crippen LogP contribution in [0.15, 0.2) is 37.2 Å². The molecule has 0 amide bonds. The van der Waals surface area contributed by atoms with Gasteiger partial charge in [0.1, 0.15) is 17.4 Å². The van der Waals surface area contributed by atoms with Crippen molar-refractivity contribution in [1.29, 1.82) is 0 Å². The molecule has 6 heteroatoms. The zero-order chi connectivity index (χ0) is 13.0. The first-order chi connectivity index (χ1) is 8.70. The summed E-state index contributed by atoms with van der Waals surface area (Å²) in [7, 11) is 0. The molecule has 0 aliphatic rings. The molecular weight excluding hydrogens is 232 g/mol. The third kappa shape index (κ3) is 2.60. The maximum Gasteiger partial charge on any atom is 0.326 e. The van der Waals surface area contributed by atoms with E-state index in [0.29, 0.717) is 23.4 Å². The van der Waals surface area contributed by atoms with E-state index in [9.17, 15) is 4.79 Å². The zero-order valence-corrected chi connectivity index (χ0v) is 9.58. The van der Waals surface area contributed by atoms with Crippen LogP contribution < -0.4 is 5.32 Å². The lowest BCUT2D eigenvalue weighted by molar-refractivity contribution is -0.137. The van der Waals surface area contributed by atoms with Crippen LogP contribution in [0.2, 0.25) is 0 Å². The fraction of sp³-hybridized carbons (Fsp3) is 0.167. The van der Waals surface area contributed by atoms with Crippen molar-refractivity contribution in [2.45, 2.75) is 12.5 Å². The van der Waals surface area contributed by atoms with Gasteiger partial charge in [0.15, 0.2) is 5.65 Å². The van der Waals surface area contributed by atoms with Crippen LogP contribution in [0, 0.1) is 0 Å². The molecule has 2 aromatic rings. The summed E-state index contributed by atoms with van der Waals surface area (Å²) in [5.41, 5.74) is 1.14. The SMILES string of the molecule is C=CCC(Nc1ccc2nccnc2n1)C(=O)O. The van der Waals surface area contributed by atoms with Gasteiger partial charge in [0.25, 0.3) is 0 Å². The van der Waals surface area contributed by atoms with Crippen LogP contribution in [0.4, 0.5) is 5.82 Å². The summed E-state index contributed by atoms with van der Waals surface area (Å²) >= 11 is 0. The van der Waals surface area contributed by atoms with Crippen molar-refractivity contribution >= 4 is 23.0 Å². The van der Waals surface area contributed by atoms with E-state index in [1.54, 1.807) is 24.4 Å². The van der Waals surface area contributed by atoms with Gasteiger partial charge in [0.05, 0.1) is 0 Å². The Morgan fingerprint density at radius 1 is 1.44 bits per heavy atom. The Kier molecular flexibility index (Phi) is 3.47. The molecule has 2 heterocycles. The van der Waals surface area contributed by atoms with Crippen molar-refractivity contribution in [2.75, 3.05) is 5.32 Å². The van der Waals surface area contributed by atoms with Crippen molar-refractivity contribution in [3.8, 4) is 0 Å². The number of carbonyl (C=O) groups is 1. The molecule has 2 N–H and O–H groups in total. The Morgan fingerprint density at radius 2 is 2.22 bits per heavy atom. The van der Waals surface area contributed by atoms with Crippen molar-refractivity contribution in [3.63, 3.8) is 0 Å². The number of fused-ring (bicyclic) bond motifs is 1. The molecule has 0 spiro atoms. The number of nitrogens with one attached hydrogen (secondary N) is 1. The molecule has 6 nitrogen and oxygen atoms in total. The van der Waals surface area contributed by atoms with E-state index < -0.39 is 12.0 Å². The van der Waals surface area contributed by atoms with Gasteiger partial charge in [-0.3, -0.25) is 4.98 Å². The van der Waals surface area contributed by atoms with E-state index in [1.165, 1.54) is 6.20 Å². The number of hydrogen-bond acceptors (Lipinski definition) is 5. The number of carboxylic acids is 1. The Morgan fingerprint density at radius 3 is 2.94 bits per heavy atom. The maximum absolute atomic E-state index is 11.0. The quantitative estimate of drug-likeness (QED) is 0.774. The highest BCUT2D eigenvalue weighted by atomic mass is 16.4. The number of hydrogen-bond donors (Lipinski definition) is 2. The van der Waals surface area contributed by atoms with Gasteiger partial charge in [-0.1, -0.05) is 6.08 Å². The van der Waals surface area contributed by atoms with Gasteiger partial charge in [-0.25, -0.2) is 14.8 Å². The highest BCUT2D eigenvalue weighted by Gasteiger charge is 2.15. The second-order valence-corrected chi connectivity index (χ2v) is 3.66. The number of aliphatic carboxylic acids is 1. The van der Waals surface area contributed by atoms with E-state index in [0.717, 1.165) is 0 Å². The van der Waals surface area contributed by atoms with E-state index in [1.807, 2.05) is 0 Å². The molecule has 0 radical (unpaired) electrons. The summed E-state index contributed by atoms with van der Waals surface area (Å²) in [5.74, 6) is -0.492.